The Morgan fingerprint density at radius 3 is 2.62 bits per heavy atom. The Hall–Kier alpha value is -3.14. The number of carbonyl (C=O) groups is 1. The Labute approximate surface area is 152 Å². The second kappa shape index (κ2) is 5.70. The lowest BCUT2D eigenvalue weighted by molar-refractivity contribution is 0.106. The first-order valence-electron chi connectivity index (χ1n) is 8.57. The summed E-state index contributed by atoms with van der Waals surface area (Å²) in [6.45, 7) is 4.31. The molecule has 2 aromatic carbocycles. The minimum absolute atomic E-state index is 0.0112. The van der Waals surface area contributed by atoms with Crippen molar-refractivity contribution < 1.29 is 9.90 Å². The number of hydrogen-bond donors (Lipinski definition) is 1. The minimum atomic E-state index is -0.256. The molecule has 1 aliphatic heterocycles. The third kappa shape index (κ3) is 2.30. The maximum Gasteiger partial charge on any atom is 0.215 e. The number of para-hydroxylation sites is 1. The van der Waals surface area contributed by atoms with Crippen molar-refractivity contribution in [3.8, 4) is 5.75 Å². The van der Waals surface area contributed by atoms with E-state index in [0.717, 1.165) is 11.4 Å². The number of hydrogen-bond acceptors (Lipinski definition) is 4. The van der Waals surface area contributed by atoms with Gasteiger partial charge in [-0.25, -0.2) is 0 Å². The van der Waals surface area contributed by atoms with E-state index < -0.39 is 0 Å². The molecule has 0 bridgehead atoms. The van der Waals surface area contributed by atoms with E-state index in [-0.39, 0.29) is 16.9 Å². The van der Waals surface area contributed by atoms with Crippen LogP contribution in [0.4, 0.5) is 5.69 Å². The molecule has 0 unspecified atom stereocenters. The number of carbonyl (C=O) groups excluding carboxylic acids is 1. The fourth-order valence-electron chi connectivity index (χ4n) is 3.78. The van der Waals surface area contributed by atoms with Gasteiger partial charge in [-0.05, 0) is 29.3 Å². The number of Topliss-reactive ketones (excluding diaryl/α,β-unsaturated/α-hetero) is 1. The van der Waals surface area contributed by atoms with Gasteiger partial charge in [-0.2, -0.15) is 0 Å². The molecule has 1 N–H and O–H groups in total. The summed E-state index contributed by atoms with van der Waals surface area (Å²) in [4.78, 5) is 19.3. The molecular weight excluding hydrogens is 324 g/mol. The maximum absolute atomic E-state index is 12.7. The zero-order valence-corrected chi connectivity index (χ0v) is 15.0. The molecule has 2 aromatic rings. The van der Waals surface area contributed by atoms with E-state index in [1.165, 1.54) is 11.6 Å². The molecule has 130 valence electrons. The number of nitrogens with zero attached hydrogens (tertiary/aromatic N) is 2. The molecular formula is C22H20N2O2. The van der Waals surface area contributed by atoms with Gasteiger partial charge in [0.1, 0.15) is 11.5 Å². The number of phenolic OH excluding ortho intramolecular Hbond substituents is 1. The van der Waals surface area contributed by atoms with Crippen molar-refractivity contribution in [1.29, 1.82) is 0 Å². The predicted octanol–water partition coefficient (Wildman–Crippen LogP) is 4.31. The van der Waals surface area contributed by atoms with Gasteiger partial charge in [0.25, 0.3) is 0 Å². The van der Waals surface area contributed by atoms with E-state index in [1.807, 2.05) is 31.3 Å². The number of fused-ring (bicyclic) bond motifs is 2. The Morgan fingerprint density at radius 1 is 1.08 bits per heavy atom. The first-order valence-corrected chi connectivity index (χ1v) is 8.57. The smallest absolute Gasteiger partial charge is 0.215 e. The number of ketones is 1. The molecule has 0 atom stereocenters. The van der Waals surface area contributed by atoms with Crippen LogP contribution in [0.1, 0.15) is 35.3 Å². The molecule has 0 saturated heterocycles. The summed E-state index contributed by atoms with van der Waals surface area (Å²) >= 11 is 0. The molecule has 0 saturated carbocycles. The highest BCUT2D eigenvalue weighted by atomic mass is 16.3. The van der Waals surface area contributed by atoms with Gasteiger partial charge in [0, 0.05) is 30.0 Å². The fraction of sp³-hybridized carbons (Fsp3) is 0.182. The first kappa shape index (κ1) is 16.3. The van der Waals surface area contributed by atoms with E-state index in [9.17, 15) is 9.90 Å². The summed E-state index contributed by atoms with van der Waals surface area (Å²) in [6.07, 6.45) is 5.28. The average molecular weight is 344 g/mol. The Balaban J connectivity index is 1.75. The predicted molar refractivity (Wildman–Crippen MR) is 105 cm³/mol. The van der Waals surface area contributed by atoms with Crippen molar-refractivity contribution >= 4 is 23.3 Å². The number of rotatable bonds is 1. The highest BCUT2D eigenvalue weighted by Crippen LogP contribution is 2.46. The highest BCUT2D eigenvalue weighted by Gasteiger charge is 2.38. The van der Waals surface area contributed by atoms with Crippen molar-refractivity contribution in [3.63, 3.8) is 0 Å². The molecule has 1 heterocycles. The topological polar surface area (TPSA) is 52.9 Å². The second-order valence-electron chi connectivity index (χ2n) is 7.13. The van der Waals surface area contributed by atoms with Crippen molar-refractivity contribution in [2.24, 2.45) is 4.99 Å². The van der Waals surface area contributed by atoms with Crippen LogP contribution in [0.15, 0.2) is 65.4 Å². The lowest BCUT2D eigenvalue weighted by atomic mass is 9.84. The molecule has 4 heteroatoms. The van der Waals surface area contributed by atoms with E-state index in [1.54, 1.807) is 18.3 Å². The zero-order valence-electron chi connectivity index (χ0n) is 15.0. The van der Waals surface area contributed by atoms with Gasteiger partial charge >= 0.3 is 0 Å². The Morgan fingerprint density at radius 2 is 1.85 bits per heavy atom. The Kier molecular flexibility index (Phi) is 3.58. The molecule has 0 aromatic heterocycles. The van der Waals surface area contributed by atoms with E-state index in [2.05, 4.69) is 35.9 Å². The summed E-state index contributed by atoms with van der Waals surface area (Å²) in [5, 5.41) is 10.0. The molecule has 0 radical (unpaired) electrons. The van der Waals surface area contributed by atoms with Crippen LogP contribution in [0, 0.1) is 0 Å². The molecule has 4 nitrogen and oxygen atoms in total. The van der Waals surface area contributed by atoms with Gasteiger partial charge in [-0.3, -0.25) is 9.79 Å². The van der Waals surface area contributed by atoms with Crippen LogP contribution in [0.2, 0.25) is 0 Å². The lowest BCUT2D eigenvalue weighted by Gasteiger charge is -2.23. The summed E-state index contributed by atoms with van der Waals surface area (Å²) < 4.78 is 0. The largest absolute Gasteiger partial charge is 0.507 e. The van der Waals surface area contributed by atoms with Crippen LogP contribution in [0.25, 0.3) is 6.08 Å². The summed E-state index contributed by atoms with van der Waals surface area (Å²) in [6, 6.07) is 13.3. The Bertz CT molecular complexity index is 1010. The number of aliphatic imine (C=N–C) groups is 1. The maximum atomic E-state index is 12.7. The molecule has 4 rings (SSSR count). The van der Waals surface area contributed by atoms with Crippen LogP contribution in [-0.4, -0.2) is 23.6 Å². The van der Waals surface area contributed by atoms with E-state index >= 15 is 0 Å². The lowest BCUT2D eigenvalue weighted by Crippen LogP contribution is -2.23. The zero-order chi connectivity index (χ0) is 18.5. The number of allylic oxidation sites excluding steroid dienone is 2. The third-order valence-electron chi connectivity index (χ3n) is 5.22. The van der Waals surface area contributed by atoms with Gasteiger partial charge in [0.15, 0.2) is 0 Å². The minimum Gasteiger partial charge on any atom is -0.507 e. The van der Waals surface area contributed by atoms with Crippen LogP contribution in [0.3, 0.4) is 0 Å². The van der Waals surface area contributed by atoms with Crippen LogP contribution in [-0.2, 0) is 5.41 Å². The number of benzene rings is 2. The number of likely N-dealkylation sites (N-methyl/N-ethyl adjacent to an activating group) is 1. The number of anilines is 1. The summed E-state index contributed by atoms with van der Waals surface area (Å²) in [7, 11) is 2.01. The van der Waals surface area contributed by atoms with Gasteiger partial charge < -0.3 is 10.0 Å². The standard InChI is InChI=1S/C22H20N2O2/c1-22(2)15-8-4-5-9-17(15)24(3)19(22)13-23-16-12-11-14-7-6-10-18(25)20(14)21(16)26/h4-13,25H,1-3H3/b19-13+,23-16?. The molecule has 1 aliphatic carbocycles. The molecule has 2 aliphatic rings. The fourth-order valence-corrected chi connectivity index (χ4v) is 3.78. The SMILES string of the molecule is CN1/C(=C/N=C2C=Cc3cccc(O)c3C2=O)C(C)(C)c2ccccc21. The van der Waals surface area contributed by atoms with Gasteiger partial charge in [0.05, 0.1) is 5.56 Å². The number of aromatic hydroxyl groups is 1. The van der Waals surface area contributed by atoms with Crippen molar-refractivity contribution in [2.75, 3.05) is 11.9 Å². The average Bonchev–Trinajstić information content (AvgIpc) is 2.81. The normalized spacial score (nSPS) is 20.6. The van der Waals surface area contributed by atoms with E-state index in [4.69, 9.17) is 0 Å². The van der Waals surface area contributed by atoms with Gasteiger partial charge in [-0.15, -0.1) is 0 Å². The van der Waals surface area contributed by atoms with Crippen LogP contribution < -0.4 is 4.90 Å². The van der Waals surface area contributed by atoms with E-state index in [0.29, 0.717) is 16.8 Å². The molecule has 26 heavy (non-hydrogen) atoms. The highest BCUT2D eigenvalue weighted by molar-refractivity contribution is 6.52. The third-order valence-corrected chi connectivity index (χ3v) is 5.22. The van der Waals surface area contributed by atoms with Gasteiger partial charge in [-0.1, -0.05) is 50.3 Å². The quantitative estimate of drug-likeness (QED) is 0.838. The van der Waals surface area contributed by atoms with Crippen LogP contribution in [0.5, 0.6) is 5.75 Å². The molecule has 0 amide bonds. The molecule has 0 fully saturated rings. The van der Waals surface area contributed by atoms with Crippen LogP contribution >= 0.6 is 0 Å². The first-order chi connectivity index (χ1) is 12.4. The van der Waals surface area contributed by atoms with Crippen molar-refractivity contribution in [3.05, 3.63) is 77.1 Å². The number of phenols is 1. The summed E-state index contributed by atoms with van der Waals surface area (Å²) in [5.41, 5.74) is 4.57. The second-order valence-corrected chi connectivity index (χ2v) is 7.13. The van der Waals surface area contributed by atoms with Crippen molar-refractivity contribution in [1.82, 2.24) is 0 Å². The molecule has 0 spiro atoms. The monoisotopic (exact) mass is 344 g/mol. The van der Waals surface area contributed by atoms with Gasteiger partial charge in [0.2, 0.25) is 5.78 Å². The van der Waals surface area contributed by atoms with Crippen molar-refractivity contribution in [2.45, 2.75) is 19.3 Å². The summed E-state index contributed by atoms with van der Waals surface area (Å²) in [5.74, 6) is -0.267.